The van der Waals surface area contributed by atoms with Gasteiger partial charge in [-0.1, -0.05) is 6.07 Å². The normalized spacial score (nSPS) is 11.4. The minimum atomic E-state index is -4.03. The lowest BCUT2D eigenvalue weighted by molar-refractivity contribution is 0.392. The Hall–Kier alpha value is -2.94. The van der Waals surface area contributed by atoms with Gasteiger partial charge >= 0.3 is 0 Å². The summed E-state index contributed by atoms with van der Waals surface area (Å²) in [6.07, 6.45) is 1.07. The van der Waals surface area contributed by atoms with Gasteiger partial charge in [0.2, 0.25) is 0 Å². The van der Waals surface area contributed by atoms with Crippen LogP contribution in [-0.2, 0) is 10.0 Å². The molecule has 0 amide bonds. The maximum absolute atomic E-state index is 12.3. The first-order chi connectivity index (χ1) is 11.4. The maximum Gasteiger partial charge on any atom is 0.280 e. The van der Waals surface area contributed by atoms with E-state index < -0.39 is 15.8 Å². The number of hydrogen-bond acceptors (Lipinski definition) is 7. The summed E-state index contributed by atoms with van der Waals surface area (Å²) in [4.78, 5) is 1.86. The van der Waals surface area contributed by atoms with Crippen molar-refractivity contribution in [3.8, 4) is 23.0 Å². The van der Waals surface area contributed by atoms with Crippen molar-refractivity contribution in [1.29, 1.82) is 0 Å². The lowest BCUT2D eigenvalue weighted by atomic mass is 10.2. The molecule has 2 aromatic rings. The summed E-state index contributed by atoms with van der Waals surface area (Å²) in [5, 5.41) is 22.6. The molecule has 0 unspecified atom stereocenters. The average molecular weight is 352 g/mol. The number of nitrogens with zero attached hydrogens (tertiary/aromatic N) is 1. The molecule has 8 nitrogen and oxygen atoms in total. The fourth-order valence-corrected chi connectivity index (χ4v) is 2.84. The third-order valence-electron chi connectivity index (χ3n) is 3.08. The van der Waals surface area contributed by atoms with Crippen molar-refractivity contribution in [2.45, 2.75) is 4.90 Å². The first kappa shape index (κ1) is 17.4. The first-order valence-electron chi connectivity index (χ1n) is 6.67. The van der Waals surface area contributed by atoms with Crippen LogP contribution < -0.4 is 14.3 Å². The number of hydrazone groups is 1. The van der Waals surface area contributed by atoms with E-state index in [4.69, 9.17) is 9.47 Å². The van der Waals surface area contributed by atoms with Crippen LogP contribution in [0.5, 0.6) is 23.0 Å². The molecule has 0 aliphatic heterocycles. The summed E-state index contributed by atoms with van der Waals surface area (Å²) in [6, 6.07) is 8.54. The summed E-state index contributed by atoms with van der Waals surface area (Å²) < 4.78 is 34.7. The van der Waals surface area contributed by atoms with Crippen molar-refractivity contribution in [3.05, 3.63) is 42.0 Å². The first-order valence-corrected chi connectivity index (χ1v) is 8.15. The van der Waals surface area contributed by atoms with Gasteiger partial charge in [0.1, 0.15) is 16.4 Å². The van der Waals surface area contributed by atoms with Crippen LogP contribution in [0.2, 0.25) is 0 Å². The third-order valence-corrected chi connectivity index (χ3v) is 4.33. The predicted molar refractivity (Wildman–Crippen MR) is 87.2 cm³/mol. The van der Waals surface area contributed by atoms with Crippen molar-refractivity contribution in [2.24, 2.45) is 5.10 Å². The summed E-state index contributed by atoms with van der Waals surface area (Å²) in [7, 11) is -1.27. The highest BCUT2D eigenvalue weighted by Crippen LogP contribution is 2.28. The van der Waals surface area contributed by atoms with Crippen LogP contribution in [0.15, 0.2) is 46.4 Å². The second-order valence-electron chi connectivity index (χ2n) is 4.58. The number of para-hydroxylation sites is 1. The summed E-state index contributed by atoms with van der Waals surface area (Å²) in [5.74, 6) is -0.278. The molecule has 0 bridgehead atoms. The van der Waals surface area contributed by atoms with Crippen molar-refractivity contribution >= 4 is 16.2 Å². The van der Waals surface area contributed by atoms with Crippen LogP contribution in [0.3, 0.4) is 0 Å². The zero-order valence-electron chi connectivity index (χ0n) is 12.9. The Morgan fingerprint density at radius 3 is 2.54 bits per heavy atom. The van der Waals surface area contributed by atoms with Gasteiger partial charge in [-0.05, 0) is 24.3 Å². The highest BCUT2D eigenvalue weighted by Gasteiger charge is 2.20. The van der Waals surface area contributed by atoms with Crippen LogP contribution in [-0.4, -0.2) is 39.1 Å². The van der Waals surface area contributed by atoms with Gasteiger partial charge in [0.15, 0.2) is 11.5 Å². The quantitative estimate of drug-likeness (QED) is 0.411. The topological polar surface area (TPSA) is 117 Å². The molecule has 0 spiro atoms. The minimum absolute atomic E-state index is 0.124. The second-order valence-corrected chi connectivity index (χ2v) is 6.21. The monoisotopic (exact) mass is 352 g/mol. The molecule has 128 valence electrons. The van der Waals surface area contributed by atoms with Gasteiger partial charge in [-0.3, -0.25) is 0 Å². The molecule has 3 N–H and O–H groups in total. The van der Waals surface area contributed by atoms with E-state index >= 15 is 0 Å². The van der Waals surface area contributed by atoms with Crippen LogP contribution in [0.4, 0.5) is 0 Å². The van der Waals surface area contributed by atoms with Crippen molar-refractivity contribution in [2.75, 3.05) is 14.2 Å². The molecule has 2 aromatic carbocycles. The van der Waals surface area contributed by atoms with Gasteiger partial charge in [-0.15, -0.1) is 0 Å². The van der Waals surface area contributed by atoms with E-state index in [1.54, 1.807) is 6.07 Å². The number of rotatable bonds is 6. The molecule has 24 heavy (non-hydrogen) atoms. The molecule has 0 aromatic heterocycles. The van der Waals surface area contributed by atoms with Crippen LogP contribution in [0.25, 0.3) is 0 Å². The molecule has 2 rings (SSSR count). The van der Waals surface area contributed by atoms with Crippen molar-refractivity contribution in [1.82, 2.24) is 4.83 Å². The largest absolute Gasteiger partial charge is 0.504 e. The highest BCUT2D eigenvalue weighted by molar-refractivity contribution is 7.89. The fourth-order valence-electron chi connectivity index (χ4n) is 1.86. The van der Waals surface area contributed by atoms with Crippen molar-refractivity contribution < 1.29 is 28.1 Å². The Kier molecular flexibility index (Phi) is 5.14. The highest BCUT2D eigenvalue weighted by atomic mass is 32.2. The molecule has 9 heteroatoms. The molecule has 0 radical (unpaired) electrons. The van der Waals surface area contributed by atoms with E-state index in [0.29, 0.717) is 5.75 Å². The Labute approximate surface area is 139 Å². The Morgan fingerprint density at radius 2 is 1.88 bits per heavy atom. The smallest absolute Gasteiger partial charge is 0.280 e. The lowest BCUT2D eigenvalue weighted by Crippen LogP contribution is -2.19. The van der Waals surface area contributed by atoms with Gasteiger partial charge < -0.3 is 19.7 Å². The Balaban J connectivity index is 2.29. The van der Waals surface area contributed by atoms with E-state index in [0.717, 1.165) is 6.21 Å². The lowest BCUT2D eigenvalue weighted by Gasteiger charge is -2.10. The van der Waals surface area contributed by atoms with E-state index in [-0.39, 0.29) is 22.0 Å². The number of benzene rings is 2. The summed E-state index contributed by atoms with van der Waals surface area (Å²) >= 11 is 0. The average Bonchev–Trinajstić information content (AvgIpc) is 2.58. The van der Waals surface area contributed by atoms with E-state index in [1.165, 1.54) is 44.6 Å². The number of hydrogen-bond donors (Lipinski definition) is 3. The molecule has 0 aliphatic rings. The number of ether oxygens (including phenoxy) is 2. The zero-order chi connectivity index (χ0) is 17.7. The Bertz CT molecular complexity index is 864. The van der Waals surface area contributed by atoms with Gasteiger partial charge in [0.05, 0.1) is 20.4 Å². The number of methoxy groups -OCH3 is 2. The van der Waals surface area contributed by atoms with Gasteiger partial charge in [-0.25, -0.2) is 0 Å². The zero-order valence-corrected chi connectivity index (χ0v) is 13.7. The van der Waals surface area contributed by atoms with E-state index in [2.05, 4.69) is 5.10 Å². The number of sulfonamides is 1. The fraction of sp³-hybridized carbons (Fsp3) is 0.133. The molecule has 0 atom stereocenters. The molecule has 0 fully saturated rings. The number of nitrogens with one attached hydrogen (secondary N) is 1. The molecular formula is C15H16N2O6S. The summed E-state index contributed by atoms with van der Waals surface area (Å²) in [5.41, 5.74) is 0.148. The summed E-state index contributed by atoms with van der Waals surface area (Å²) in [6.45, 7) is 0. The molecule has 0 saturated carbocycles. The number of phenolic OH excluding ortho intramolecular Hbond substituents is 2. The second kappa shape index (κ2) is 7.09. The molecule has 0 aliphatic carbocycles. The van der Waals surface area contributed by atoms with Crippen molar-refractivity contribution in [3.63, 3.8) is 0 Å². The van der Waals surface area contributed by atoms with Crippen LogP contribution in [0, 0.1) is 0 Å². The minimum Gasteiger partial charge on any atom is -0.504 e. The standard InChI is InChI=1S/C15H16N2O6S/c1-22-11-6-7-13(23-2)14(8-11)24(20,21)17-16-9-10-4-3-5-12(18)15(10)19/h3-9,17-19H,1-2H3. The van der Waals surface area contributed by atoms with Gasteiger partial charge in [0.25, 0.3) is 10.0 Å². The Morgan fingerprint density at radius 1 is 1.12 bits per heavy atom. The molecule has 0 saturated heterocycles. The molecule has 0 heterocycles. The SMILES string of the molecule is COc1ccc(OC)c(S(=O)(=O)NN=Cc2cccc(O)c2O)c1. The van der Waals surface area contributed by atoms with Gasteiger partial charge in [0, 0.05) is 11.6 Å². The van der Waals surface area contributed by atoms with Gasteiger partial charge in [-0.2, -0.15) is 18.4 Å². The number of aromatic hydroxyl groups is 2. The van der Waals surface area contributed by atoms with Crippen LogP contribution in [0.1, 0.15) is 5.56 Å². The van der Waals surface area contributed by atoms with E-state index in [9.17, 15) is 18.6 Å². The van der Waals surface area contributed by atoms with Crippen LogP contribution >= 0.6 is 0 Å². The maximum atomic E-state index is 12.3. The van der Waals surface area contributed by atoms with E-state index in [1.807, 2.05) is 4.83 Å². The number of phenols is 2. The molecular weight excluding hydrogens is 336 g/mol. The predicted octanol–water partition coefficient (Wildman–Crippen LogP) is 1.43. The third kappa shape index (κ3) is 3.69.